The molecule has 0 fully saturated rings. The van der Waals surface area contributed by atoms with Crippen molar-refractivity contribution in [2.75, 3.05) is 0 Å². The Kier molecular flexibility index (Phi) is 3.63. The van der Waals surface area contributed by atoms with Crippen LogP contribution >= 0.6 is 34.0 Å². The number of rotatable bonds is 3. The van der Waals surface area contributed by atoms with E-state index in [0.29, 0.717) is 6.54 Å². The van der Waals surface area contributed by atoms with E-state index < -0.39 is 0 Å². The maximum absolute atomic E-state index is 12.7. The van der Waals surface area contributed by atoms with Crippen molar-refractivity contribution in [2.45, 2.75) is 20.4 Å². The van der Waals surface area contributed by atoms with Crippen molar-refractivity contribution in [3.05, 3.63) is 55.7 Å². The van der Waals surface area contributed by atoms with Crippen molar-refractivity contribution in [1.29, 1.82) is 0 Å². The molecule has 4 heterocycles. The number of aromatic nitrogens is 3. The zero-order valence-electron chi connectivity index (χ0n) is 12.6. The summed E-state index contributed by atoms with van der Waals surface area (Å²) < 4.78 is 1.65. The van der Waals surface area contributed by atoms with E-state index in [1.807, 2.05) is 30.7 Å². The van der Waals surface area contributed by atoms with Crippen LogP contribution in [0.25, 0.3) is 20.1 Å². The Morgan fingerprint density at radius 3 is 2.91 bits per heavy atom. The molecule has 0 aliphatic heterocycles. The smallest absolute Gasteiger partial charge is 0.262 e. The highest BCUT2D eigenvalue weighted by Gasteiger charge is 2.13. The number of thiophene rings is 2. The first-order chi connectivity index (χ1) is 11.1. The van der Waals surface area contributed by atoms with Crippen LogP contribution in [0.4, 0.5) is 0 Å². The Balaban J connectivity index is 1.72. The van der Waals surface area contributed by atoms with Gasteiger partial charge in [0.25, 0.3) is 5.56 Å². The molecule has 4 rings (SSSR count). The van der Waals surface area contributed by atoms with E-state index >= 15 is 0 Å². The van der Waals surface area contributed by atoms with E-state index in [2.05, 4.69) is 16.0 Å². The van der Waals surface area contributed by atoms with E-state index in [1.54, 1.807) is 44.9 Å². The summed E-state index contributed by atoms with van der Waals surface area (Å²) in [4.78, 5) is 24.9. The van der Waals surface area contributed by atoms with Crippen LogP contribution in [0.5, 0.6) is 0 Å². The molecule has 0 radical (unpaired) electrons. The molecule has 4 nitrogen and oxygen atoms in total. The first-order valence-corrected chi connectivity index (χ1v) is 9.64. The van der Waals surface area contributed by atoms with Gasteiger partial charge in [-0.2, -0.15) is 0 Å². The molecule has 0 aromatic carbocycles. The van der Waals surface area contributed by atoms with Gasteiger partial charge in [0.15, 0.2) is 0 Å². The number of hydrogen-bond acceptors (Lipinski definition) is 6. The van der Waals surface area contributed by atoms with Gasteiger partial charge in [-0.25, -0.2) is 9.97 Å². The average Bonchev–Trinajstić information content (AvgIpc) is 3.24. The summed E-state index contributed by atoms with van der Waals surface area (Å²) >= 11 is 4.86. The van der Waals surface area contributed by atoms with Crippen LogP contribution in [0.2, 0.25) is 0 Å². The minimum Gasteiger partial charge on any atom is -0.293 e. The highest BCUT2D eigenvalue weighted by atomic mass is 32.1. The molecular formula is C16H13N3OS3. The first-order valence-electron chi connectivity index (χ1n) is 7.07. The minimum absolute atomic E-state index is 0.0162. The standard InChI is InChI=1S/C16H13N3OS3/c1-9-10(2)23-15-13(9)16(20)19(8-17-15)6-11-7-22-14(18-11)12-4-3-5-21-12/h3-5,7-8H,6H2,1-2H3. The van der Waals surface area contributed by atoms with Crippen LogP contribution < -0.4 is 5.56 Å². The molecule has 0 aliphatic rings. The van der Waals surface area contributed by atoms with E-state index in [4.69, 9.17) is 0 Å². The summed E-state index contributed by atoms with van der Waals surface area (Å²) in [5, 5.41) is 5.79. The van der Waals surface area contributed by atoms with Crippen molar-refractivity contribution < 1.29 is 0 Å². The fourth-order valence-electron chi connectivity index (χ4n) is 2.45. The second-order valence-corrected chi connectivity index (χ2v) is 8.27. The molecule has 0 amide bonds. The van der Waals surface area contributed by atoms with Gasteiger partial charge in [-0.1, -0.05) is 6.07 Å². The predicted molar refractivity (Wildman–Crippen MR) is 97.9 cm³/mol. The van der Waals surface area contributed by atoms with Crippen molar-refractivity contribution in [3.8, 4) is 9.88 Å². The van der Waals surface area contributed by atoms with Crippen molar-refractivity contribution in [2.24, 2.45) is 0 Å². The van der Waals surface area contributed by atoms with E-state index in [0.717, 1.165) is 36.2 Å². The lowest BCUT2D eigenvalue weighted by Crippen LogP contribution is -2.21. The maximum Gasteiger partial charge on any atom is 0.262 e. The van der Waals surface area contributed by atoms with Gasteiger partial charge in [0.05, 0.1) is 28.8 Å². The lowest BCUT2D eigenvalue weighted by molar-refractivity contribution is 0.735. The van der Waals surface area contributed by atoms with Crippen molar-refractivity contribution >= 4 is 44.2 Å². The van der Waals surface area contributed by atoms with Crippen LogP contribution in [0.1, 0.15) is 16.1 Å². The fraction of sp³-hybridized carbons (Fsp3) is 0.188. The van der Waals surface area contributed by atoms with Gasteiger partial charge in [-0.05, 0) is 30.9 Å². The second kappa shape index (κ2) is 5.67. The molecule has 0 N–H and O–H groups in total. The Morgan fingerprint density at radius 2 is 2.13 bits per heavy atom. The van der Waals surface area contributed by atoms with Crippen molar-refractivity contribution in [1.82, 2.24) is 14.5 Å². The van der Waals surface area contributed by atoms with Crippen LogP contribution in [0, 0.1) is 13.8 Å². The molecule has 0 spiro atoms. The van der Waals surface area contributed by atoms with Crippen LogP contribution in [0.3, 0.4) is 0 Å². The van der Waals surface area contributed by atoms with Gasteiger partial charge in [0, 0.05) is 10.3 Å². The Morgan fingerprint density at radius 1 is 1.26 bits per heavy atom. The summed E-state index contributed by atoms with van der Waals surface area (Å²) in [5.74, 6) is 0. The number of nitrogens with zero attached hydrogens (tertiary/aromatic N) is 3. The number of aryl methyl sites for hydroxylation is 2. The zero-order chi connectivity index (χ0) is 16.0. The average molecular weight is 360 g/mol. The van der Waals surface area contributed by atoms with Crippen LogP contribution in [-0.4, -0.2) is 14.5 Å². The lowest BCUT2D eigenvalue weighted by atomic mass is 10.2. The largest absolute Gasteiger partial charge is 0.293 e. The summed E-state index contributed by atoms with van der Waals surface area (Å²) in [6, 6.07) is 4.08. The molecule has 0 unspecified atom stereocenters. The van der Waals surface area contributed by atoms with Crippen molar-refractivity contribution in [3.63, 3.8) is 0 Å². The zero-order valence-corrected chi connectivity index (χ0v) is 15.0. The molecule has 7 heteroatoms. The summed E-state index contributed by atoms with van der Waals surface area (Å²) in [5.41, 5.74) is 1.95. The minimum atomic E-state index is 0.0162. The second-order valence-electron chi connectivity index (χ2n) is 5.26. The molecule has 0 saturated carbocycles. The van der Waals surface area contributed by atoms with Gasteiger partial charge < -0.3 is 0 Å². The lowest BCUT2D eigenvalue weighted by Gasteiger charge is -2.03. The third-order valence-corrected chi connectivity index (χ3v) is 6.82. The summed E-state index contributed by atoms with van der Waals surface area (Å²) in [7, 11) is 0. The number of hydrogen-bond donors (Lipinski definition) is 0. The third-order valence-electron chi connectivity index (χ3n) is 3.77. The van der Waals surface area contributed by atoms with E-state index in [-0.39, 0.29) is 5.56 Å². The van der Waals surface area contributed by atoms with Gasteiger partial charge in [-0.15, -0.1) is 34.0 Å². The van der Waals surface area contributed by atoms with Crippen LogP contribution in [0.15, 0.2) is 34.0 Å². The first kappa shape index (κ1) is 14.7. The molecular weight excluding hydrogens is 346 g/mol. The molecule has 116 valence electrons. The SMILES string of the molecule is Cc1sc2ncn(Cc3csc(-c4cccs4)n3)c(=O)c2c1C. The molecule has 0 saturated heterocycles. The number of thiazole rings is 1. The maximum atomic E-state index is 12.7. The third kappa shape index (κ3) is 2.54. The molecule has 23 heavy (non-hydrogen) atoms. The van der Waals surface area contributed by atoms with Gasteiger partial charge >= 0.3 is 0 Å². The quantitative estimate of drug-likeness (QED) is 0.548. The fourth-order valence-corrected chi connectivity index (χ4v) is 5.06. The van der Waals surface area contributed by atoms with Gasteiger partial charge in [-0.3, -0.25) is 9.36 Å². The Bertz CT molecular complexity index is 1040. The Labute approximate surface area is 144 Å². The summed E-state index contributed by atoms with van der Waals surface area (Å²) in [6.07, 6.45) is 1.63. The highest BCUT2D eigenvalue weighted by Crippen LogP contribution is 2.28. The van der Waals surface area contributed by atoms with Gasteiger partial charge in [0.2, 0.25) is 0 Å². The van der Waals surface area contributed by atoms with Crippen LogP contribution in [-0.2, 0) is 6.54 Å². The van der Waals surface area contributed by atoms with Gasteiger partial charge in [0.1, 0.15) is 9.84 Å². The molecule has 4 aromatic heterocycles. The highest BCUT2D eigenvalue weighted by molar-refractivity contribution is 7.20. The van der Waals surface area contributed by atoms with E-state index in [9.17, 15) is 4.79 Å². The molecule has 0 aliphatic carbocycles. The number of fused-ring (bicyclic) bond motifs is 1. The van der Waals surface area contributed by atoms with E-state index in [1.165, 1.54) is 0 Å². The molecule has 0 atom stereocenters. The molecule has 0 bridgehead atoms. The predicted octanol–water partition coefficient (Wildman–Crippen LogP) is 4.31. The molecule has 4 aromatic rings. The topological polar surface area (TPSA) is 47.8 Å². The summed E-state index contributed by atoms with van der Waals surface area (Å²) in [6.45, 7) is 4.47. The normalized spacial score (nSPS) is 11.4. The Hall–Kier alpha value is -1.83. The monoisotopic (exact) mass is 359 g/mol.